The summed E-state index contributed by atoms with van der Waals surface area (Å²) in [6.45, 7) is 2.35. The van der Waals surface area contributed by atoms with Gasteiger partial charge in [0.2, 0.25) is 5.91 Å². The molecule has 4 rings (SSSR count). The molecule has 2 aromatic carbocycles. The molecule has 0 aliphatic carbocycles. The van der Waals surface area contributed by atoms with Crippen LogP contribution in [0.5, 0.6) is 5.88 Å². The molecule has 1 unspecified atom stereocenters. The number of rotatable bonds is 6. The second-order valence-electron chi connectivity index (χ2n) is 7.04. The Labute approximate surface area is 172 Å². The molecule has 2 heterocycles. The van der Waals surface area contributed by atoms with Crippen molar-refractivity contribution in [1.29, 1.82) is 0 Å². The summed E-state index contributed by atoms with van der Waals surface area (Å²) in [7, 11) is 1.48. The molecule has 0 saturated carbocycles. The second kappa shape index (κ2) is 7.94. The van der Waals surface area contributed by atoms with E-state index in [2.05, 4.69) is 20.5 Å². The minimum absolute atomic E-state index is 0.00626. The van der Waals surface area contributed by atoms with Crippen molar-refractivity contribution in [3.8, 4) is 5.88 Å². The van der Waals surface area contributed by atoms with Gasteiger partial charge in [-0.2, -0.15) is 4.98 Å². The lowest BCUT2D eigenvalue weighted by Gasteiger charge is -2.23. The topological polar surface area (TPSA) is 106 Å². The van der Waals surface area contributed by atoms with Crippen LogP contribution in [0.4, 0.5) is 21.8 Å². The number of benzene rings is 2. The second-order valence-corrected chi connectivity index (χ2v) is 7.04. The van der Waals surface area contributed by atoms with Gasteiger partial charge in [-0.3, -0.25) is 4.79 Å². The summed E-state index contributed by atoms with van der Waals surface area (Å²) in [5.41, 5.74) is 8.46. The molecule has 1 aliphatic rings. The normalized spacial score (nSPS) is 15.0. The van der Waals surface area contributed by atoms with Crippen LogP contribution in [0.2, 0.25) is 0 Å². The van der Waals surface area contributed by atoms with E-state index in [1.807, 2.05) is 24.0 Å². The number of carbonyl (C=O) groups is 1. The number of nitrogens with two attached hydrogens (primary N) is 1. The molecule has 0 bridgehead atoms. The van der Waals surface area contributed by atoms with Crippen LogP contribution >= 0.6 is 0 Å². The highest BCUT2D eigenvalue weighted by atomic mass is 19.1. The summed E-state index contributed by atoms with van der Waals surface area (Å²) in [6.07, 6.45) is 0.635. The smallest absolute Gasteiger partial charge is 0.276 e. The molecule has 9 heteroatoms. The van der Waals surface area contributed by atoms with Gasteiger partial charge < -0.3 is 20.7 Å². The number of aromatic nitrogens is 3. The van der Waals surface area contributed by atoms with Crippen LogP contribution in [0.1, 0.15) is 28.4 Å². The number of nitrogens with zero attached hydrogens (tertiary/aromatic N) is 4. The molecule has 0 fully saturated rings. The van der Waals surface area contributed by atoms with Gasteiger partial charge in [0.25, 0.3) is 11.8 Å². The fraction of sp³-hybridized carbons (Fsp3) is 0.238. The van der Waals surface area contributed by atoms with Crippen molar-refractivity contribution in [3.05, 3.63) is 65.0 Å². The maximum atomic E-state index is 13.5. The fourth-order valence-corrected chi connectivity index (χ4v) is 3.67. The molecule has 1 atom stereocenters. The summed E-state index contributed by atoms with van der Waals surface area (Å²) < 4.78 is 18.7. The number of amides is 1. The van der Waals surface area contributed by atoms with Crippen LogP contribution in [-0.2, 0) is 13.0 Å². The van der Waals surface area contributed by atoms with E-state index < -0.39 is 5.91 Å². The SMILES string of the molecule is COc1nnc(N2c3cccc(C(N)=O)c3CC2C)nc1NCc1cccc(F)c1. The third-order valence-corrected chi connectivity index (χ3v) is 5.02. The van der Waals surface area contributed by atoms with Gasteiger partial charge in [0, 0.05) is 23.8 Å². The van der Waals surface area contributed by atoms with E-state index in [9.17, 15) is 9.18 Å². The van der Waals surface area contributed by atoms with Gasteiger partial charge in [-0.1, -0.05) is 18.2 Å². The maximum absolute atomic E-state index is 13.5. The van der Waals surface area contributed by atoms with Crippen molar-refractivity contribution < 1.29 is 13.9 Å². The van der Waals surface area contributed by atoms with Crippen molar-refractivity contribution in [1.82, 2.24) is 15.2 Å². The molecular formula is C21H21FN6O2. The van der Waals surface area contributed by atoms with E-state index in [0.717, 1.165) is 16.8 Å². The molecular weight excluding hydrogens is 387 g/mol. The van der Waals surface area contributed by atoms with Crippen LogP contribution in [0.15, 0.2) is 42.5 Å². The molecule has 1 aliphatic heterocycles. The van der Waals surface area contributed by atoms with Crippen LogP contribution in [0.25, 0.3) is 0 Å². The van der Waals surface area contributed by atoms with Gasteiger partial charge in [-0.15, -0.1) is 10.2 Å². The van der Waals surface area contributed by atoms with Gasteiger partial charge >= 0.3 is 0 Å². The van der Waals surface area contributed by atoms with E-state index in [1.165, 1.54) is 19.2 Å². The van der Waals surface area contributed by atoms with Crippen molar-refractivity contribution >= 4 is 23.4 Å². The van der Waals surface area contributed by atoms with Crippen molar-refractivity contribution in [3.63, 3.8) is 0 Å². The lowest BCUT2D eigenvalue weighted by Crippen LogP contribution is -2.26. The van der Waals surface area contributed by atoms with Crippen molar-refractivity contribution in [2.75, 3.05) is 17.3 Å². The lowest BCUT2D eigenvalue weighted by atomic mass is 10.0. The quantitative estimate of drug-likeness (QED) is 0.646. The van der Waals surface area contributed by atoms with E-state index >= 15 is 0 Å². The van der Waals surface area contributed by atoms with Gasteiger partial charge in [-0.25, -0.2) is 4.39 Å². The molecule has 0 saturated heterocycles. The number of primary amides is 1. The maximum Gasteiger partial charge on any atom is 0.276 e. The monoisotopic (exact) mass is 408 g/mol. The zero-order valence-corrected chi connectivity index (χ0v) is 16.6. The molecule has 0 spiro atoms. The molecule has 30 heavy (non-hydrogen) atoms. The number of hydrogen-bond donors (Lipinski definition) is 2. The Bertz CT molecular complexity index is 1110. The lowest BCUT2D eigenvalue weighted by molar-refractivity contribution is 0.0999. The van der Waals surface area contributed by atoms with E-state index in [-0.39, 0.29) is 17.7 Å². The summed E-state index contributed by atoms with van der Waals surface area (Å²) in [5, 5.41) is 11.5. The third kappa shape index (κ3) is 3.61. The largest absolute Gasteiger partial charge is 0.477 e. The molecule has 1 amide bonds. The summed E-state index contributed by atoms with van der Waals surface area (Å²) in [5.74, 6) is 0.208. The Kier molecular flexibility index (Phi) is 5.18. The highest BCUT2D eigenvalue weighted by Crippen LogP contribution is 2.39. The first-order valence-corrected chi connectivity index (χ1v) is 9.46. The Morgan fingerprint density at radius 3 is 2.83 bits per heavy atom. The predicted octanol–water partition coefficient (Wildman–Crippen LogP) is 2.81. The number of anilines is 3. The Morgan fingerprint density at radius 1 is 1.30 bits per heavy atom. The number of fused-ring (bicyclic) bond motifs is 1. The summed E-state index contributed by atoms with van der Waals surface area (Å²) in [4.78, 5) is 18.3. The predicted molar refractivity (Wildman–Crippen MR) is 110 cm³/mol. The number of ether oxygens (including phenoxy) is 1. The number of nitrogens with one attached hydrogen (secondary N) is 1. The zero-order chi connectivity index (χ0) is 21.3. The number of halogens is 1. The van der Waals surface area contributed by atoms with Gasteiger partial charge in [-0.05, 0) is 48.7 Å². The minimum atomic E-state index is -0.466. The first kappa shape index (κ1) is 19.6. The number of methoxy groups -OCH3 is 1. The van der Waals surface area contributed by atoms with Crippen LogP contribution in [-0.4, -0.2) is 34.2 Å². The molecule has 3 aromatic rings. The van der Waals surface area contributed by atoms with Crippen molar-refractivity contribution in [2.24, 2.45) is 5.73 Å². The standard InChI is InChI=1S/C21H21FN6O2/c1-12-9-16-15(18(23)29)7-4-8-17(16)28(12)21-25-19(20(30-2)26-27-21)24-11-13-5-3-6-14(22)10-13/h3-8,10,12H,9,11H2,1-2H3,(H2,23,29)(H,24,25,27). The van der Waals surface area contributed by atoms with E-state index in [4.69, 9.17) is 10.5 Å². The van der Waals surface area contributed by atoms with Crippen molar-refractivity contribution in [2.45, 2.75) is 25.9 Å². The highest BCUT2D eigenvalue weighted by Gasteiger charge is 2.32. The third-order valence-electron chi connectivity index (χ3n) is 5.02. The average molecular weight is 408 g/mol. The summed E-state index contributed by atoms with van der Waals surface area (Å²) in [6, 6.07) is 11.7. The first-order chi connectivity index (χ1) is 14.5. The molecule has 8 nitrogen and oxygen atoms in total. The number of carbonyl (C=O) groups excluding carboxylic acids is 1. The van der Waals surface area contributed by atoms with Crippen LogP contribution < -0.4 is 20.7 Å². The minimum Gasteiger partial charge on any atom is -0.477 e. The number of hydrogen-bond acceptors (Lipinski definition) is 7. The van der Waals surface area contributed by atoms with Crippen LogP contribution in [0.3, 0.4) is 0 Å². The Morgan fingerprint density at radius 2 is 2.10 bits per heavy atom. The van der Waals surface area contributed by atoms with Gasteiger partial charge in [0.1, 0.15) is 5.82 Å². The van der Waals surface area contributed by atoms with Gasteiger partial charge in [0.05, 0.1) is 7.11 Å². The van der Waals surface area contributed by atoms with E-state index in [1.54, 1.807) is 18.2 Å². The molecule has 154 valence electrons. The van der Waals surface area contributed by atoms with Crippen LogP contribution in [0, 0.1) is 5.82 Å². The van der Waals surface area contributed by atoms with Gasteiger partial charge in [0.15, 0.2) is 5.82 Å². The Balaban J connectivity index is 1.67. The first-order valence-electron chi connectivity index (χ1n) is 9.46. The molecule has 0 radical (unpaired) electrons. The molecule has 1 aromatic heterocycles. The summed E-state index contributed by atoms with van der Waals surface area (Å²) >= 11 is 0. The molecule has 3 N–H and O–H groups in total. The zero-order valence-electron chi connectivity index (χ0n) is 16.6. The fourth-order valence-electron chi connectivity index (χ4n) is 3.67. The van der Waals surface area contributed by atoms with E-state index in [0.29, 0.717) is 30.3 Å². The average Bonchev–Trinajstić information content (AvgIpc) is 3.07. The highest BCUT2D eigenvalue weighted by molar-refractivity contribution is 5.97. The Hall–Kier alpha value is -3.75.